The second-order valence-corrected chi connectivity index (χ2v) is 6.67. The number of aromatic nitrogens is 1. The van der Waals surface area contributed by atoms with E-state index in [-0.39, 0.29) is 11.8 Å². The van der Waals surface area contributed by atoms with Gasteiger partial charge >= 0.3 is 0 Å². The highest BCUT2D eigenvalue weighted by Crippen LogP contribution is 2.15. The molecule has 2 heterocycles. The monoisotopic (exact) mass is 269 g/mol. The zero-order chi connectivity index (χ0) is 13.0. The molecule has 5 nitrogen and oxygen atoms in total. The Kier molecular flexibility index (Phi) is 4.31. The van der Waals surface area contributed by atoms with Crippen molar-refractivity contribution in [3.05, 3.63) is 30.1 Å². The molecule has 1 aromatic rings. The van der Waals surface area contributed by atoms with Gasteiger partial charge in [0.1, 0.15) is 0 Å². The van der Waals surface area contributed by atoms with Crippen LogP contribution in [-0.2, 0) is 16.6 Å². The lowest BCUT2D eigenvalue weighted by molar-refractivity contribution is 0.312. The third-order valence-corrected chi connectivity index (χ3v) is 5.11. The fraction of sp³-hybridized carbons (Fsp3) is 0.583. The van der Waals surface area contributed by atoms with E-state index in [1.165, 1.54) is 0 Å². The zero-order valence-electron chi connectivity index (χ0n) is 10.5. The lowest BCUT2D eigenvalue weighted by Crippen LogP contribution is -2.47. The van der Waals surface area contributed by atoms with Crippen LogP contribution in [-0.4, -0.2) is 42.6 Å². The zero-order valence-corrected chi connectivity index (χ0v) is 11.4. The van der Waals surface area contributed by atoms with Crippen LogP contribution in [0.3, 0.4) is 0 Å². The molecular weight excluding hydrogens is 250 g/mol. The molecule has 6 heteroatoms. The predicted molar refractivity (Wildman–Crippen MR) is 70.5 cm³/mol. The van der Waals surface area contributed by atoms with Crippen LogP contribution in [0.4, 0.5) is 0 Å². The quantitative estimate of drug-likeness (QED) is 0.854. The van der Waals surface area contributed by atoms with Crippen LogP contribution in [0, 0.1) is 0 Å². The molecule has 100 valence electrons. The van der Waals surface area contributed by atoms with Crippen molar-refractivity contribution in [3.8, 4) is 0 Å². The summed E-state index contributed by atoms with van der Waals surface area (Å²) in [6, 6.07) is 3.70. The van der Waals surface area contributed by atoms with E-state index in [4.69, 9.17) is 0 Å². The van der Waals surface area contributed by atoms with Crippen LogP contribution in [0.5, 0.6) is 0 Å². The number of pyridine rings is 1. The minimum absolute atomic E-state index is 0.0319. The summed E-state index contributed by atoms with van der Waals surface area (Å²) in [4.78, 5) is 4.03. The van der Waals surface area contributed by atoms with Crippen LogP contribution in [0.15, 0.2) is 24.5 Å². The third kappa shape index (κ3) is 3.28. The summed E-state index contributed by atoms with van der Waals surface area (Å²) in [6.45, 7) is 3.80. The van der Waals surface area contributed by atoms with Crippen molar-refractivity contribution in [1.29, 1.82) is 0 Å². The maximum absolute atomic E-state index is 12.2. The molecule has 1 aliphatic heterocycles. The molecule has 1 saturated heterocycles. The van der Waals surface area contributed by atoms with Crippen molar-refractivity contribution in [2.24, 2.45) is 0 Å². The first kappa shape index (κ1) is 13.5. The maximum atomic E-state index is 12.2. The van der Waals surface area contributed by atoms with Crippen LogP contribution < -0.4 is 5.32 Å². The molecule has 1 fully saturated rings. The van der Waals surface area contributed by atoms with Gasteiger partial charge in [0.15, 0.2) is 0 Å². The lowest BCUT2D eigenvalue weighted by Gasteiger charge is -2.30. The minimum atomic E-state index is -3.17. The molecule has 0 radical (unpaired) electrons. The number of sulfonamides is 1. The Morgan fingerprint density at radius 2 is 2.39 bits per heavy atom. The smallest absolute Gasteiger partial charge is 0.214 e. The Labute approximate surface area is 108 Å². The molecule has 1 aliphatic rings. The molecule has 0 saturated carbocycles. The molecule has 1 N–H and O–H groups in total. The Morgan fingerprint density at radius 3 is 3.11 bits per heavy atom. The first-order valence-corrected chi connectivity index (χ1v) is 7.79. The van der Waals surface area contributed by atoms with E-state index in [0.717, 1.165) is 12.1 Å². The van der Waals surface area contributed by atoms with Gasteiger partial charge < -0.3 is 5.32 Å². The molecule has 0 amide bonds. The Balaban J connectivity index is 2.20. The topological polar surface area (TPSA) is 62.3 Å². The number of nitrogens with zero attached hydrogens (tertiary/aromatic N) is 2. The molecule has 2 rings (SSSR count). The molecule has 1 aromatic heterocycles. The van der Waals surface area contributed by atoms with E-state index in [1.54, 1.807) is 16.7 Å². The normalized spacial score (nSPS) is 25.3. The van der Waals surface area contributed by atoms with Gasteiger partial charge in [-0.05, 0) is 31.5 Å². The van der Waals surface area contributed by atoms with Gasteiger partial charge in [-0.15, -0.1) is 0 Å². The van der Waals surface area contributed by atoms with Crippen molar-refractivity contribution in [3.63, 3.8) is 0 Å². The highest BCUT2D eigenvalue weighted by atomic mass is 32.2. The number of hydrogen-bond acceptors (Lipinski definition) is 4. The Bertz CT molecular complexity index is 475. The highest BCUT2D eigenvalue weighted by molar-refractivity contribution is 7.89. The summed E-state index contributed by atoms with van der Waals surface area (Å²) in [5.74, 6) is 0.213. The molecule has 18 heavy (non-hydrogen) atoms. The van der Waals surface area contributed by atoms with E-state index in [9.17, 15) is 8.42 Å². The molecule has 1 atom stereocenters. The fourth-order valence-electron chi connectivity index (χ4n) is 2.11. The van der Waals surface area contributed by atoms with Crippen LogP contribution in [0.25, 0.3) is 0 Å². The van der Waals surface area contributed by atoms with Crippen molar-refractivity contribution < 1.29 is 8.42 Å². The van der Waals surface area contributed by atoms with E-state index >= 15 is 0 Å². The minimum Gasteiger partial charge on any atom is -0.315 e. The molecule has 0 bridgehead atoms. The Morgan fingerprint density at radius 1 is 1.56 bits per heavy atom. The summed E-state index contributed by atoms with van der Waals surface area (Å²) in [5, 5.41) is 3.27. The first-order valence-electron chi connectivity index (χ1n) is 6.19. The van der Waals surface area contributed by atoms with Gasteiger partial charge in [0.25, 0.3) is 0 Å². The van der Waals surface area contributed by atoms with Gasteiger partial charge in [-0.2, -0.15) is 4.31 Å². The van der Waals surface area contributed by atoms with Crippen molar-refractivity contribution in [2.75, 3.05) is 18.8 Å². The van der Waals surface area contributed by atoms with Crippen molar-refractivity contribution in [2.45, 2.75) is 25.9 Å². The number of nitrogens with one attached hydrogen (secondary N) is 1. The third-order valence-electron chi connectivity index (χ3n) is 3.11. The summed E-state index contributed by atoms with van der Waals surface area (Å²) < 4.78 is 26.1. The van der Waals surface area contributed by atoms with E-state index in [1.807, 2.05) is 19.1 Å². The molecule has 0 aliphatic carbocycles. The van der Waals surface area contributed by atoms with E-state index in [0.29, 0.717) is 19.5 Å². The SMILES string of the molecule is CC1CNCCCS(=O)(=O)N1Cc1cccnc1. The van der Waals surface area contributed by atoms with E-state index in [2.05, 4.69) is 10.3 Å². The van der Waals surface area contributed by atoms with Crippen LogP contribution in [0.1, 0.15) is 18.9 Å². The van der Waals surface area contributed by atoms with Crippen molar-refractivity contribution in [1.82, 2.24) is 14.6 Å². The van der Waals surface area contributed by atoms with Gasteiger partial charge in [0, 0.05) is 31.5 Å². The van der Waals surface area contributed by atoms with Gasteiger partial charge in [-0.25, -0.2) is 8.42 Å². The second-order valence-electron chi connectivity index (χ2n) is 4.63. The summed E-state index contributed by atoms with van der Waals surface area (Å²) in [6.07, 6.45) is 4.07. The summed E-state index contributed by atoms with van der Waals surface area (Å²) in [7, 11) is -3.17. The standard InChI is InChI=1S/C12H19N3O2S/c1-11-8-13-6-3-7-18(16,17)15(11)10-12-4-2-5-14-9-12/h2,4-5,9,11,13H,3,6-8,10H2,1H3. The summed E-state index contributed by atoms with van der Waals surface area (Å²) in [5.41, 5.74) is 0.925. The molecule has 0 spiro atoms. The Hall–Kier alpha value is -0.980. The molecule has 0 aromatic carbocycles. The summed E-state index contributed by atoms with van der Waals surface area (Å²) >= 11 is 0. The maximum Gasteiger partial charge on any atom is 0.214 e. The highest BCUT2D eigenvalue weighted by Gasteiger charge is 2.28. The van der Waals surface area contributed by atoms with Crippen molar-refractivity contribution >= 4 is 10.0 Å². The van der Waals surface area contributed by atoms with Gasteiger partial charge in [-0.3, -0.25) is 4.98 Å². The molecular formula is C12H19N3O2S. The predicted octanol–water partition coefficient (Wildman–Crippen LogP) is 0.595. The van der Waals surface area contributed by atoms with E-state index < -0.39 is 10.0 Å². The lowest BCUT2D eigenvalue weighted by atomic mass is 10.2. The van der Waals surface area contributed by atoms with Gasteiger partial charge in [0.05, 0.1) is 5.75 Å². The largest absolute Gasteiger partial charge is 0.315 e. The first-order chi connectivity index (χ1) is 8.59. The van der Waals surface area contributed by atoms with Gasteiger partial charge in [-0.1, -0.05) is 6.07 Å². The van der Waals surface area contributed by atoms with Gasteiger partial charge in [0.2, 0.25) is 10.0 Å². The number of rotatable bonds is 2. The molecule has 1 unspecified atom stereocenters. The average molecular weight is 269 g/mol. The number of hydrogen-bond donors (Lipinski definition) is 1. The fourth-order valence-corrected chi connectivity index (χ4v) is 3.82. The van der Waals surface area contributed by atoms with Crippen LogP contribution in [0.2, 0.25) is 0 Å². The van der Waals surface area contributed by atoms with Crippen LogP contribution >= 0.6 is 0 Å². The second kappa shape index (κ2) is 5.77. The average Bonchev–Trinajstić information content (AvgIpc) is 2.35.